The van der Waals surface area contributed by atoms with Gasteiger partial charge in [-0.25, -0.2) is 9.78 Å². The van der Waals surface area contributed by atoms with Crippen molar-refractivity contribution in [2.75, 3.05) is 11.9 Å². The molecule has 0 spiro atoms. The number of carbonyl (C=O) groups is 1. The topological polar surface area (TPSA) is 82.5 Å². The van der Waals surface area contributed by atoms with E-state index in [1.54, 1.807) is 6.07 Å². The Balaban J connectivity index is 2.77. The maximum absolute atomic E-state index is 10.6. The Morgan fingerprint density at radius 2 is 2.40 bits per heavy atom. The van der Waals surface area contributed by atoms with Gasteiger partial charge in [-0.2, -0.15) is 0 Å². The van der Waals surface area contributed by atoms with Crippen molar-refractivity contribution < 1.29 is 15.0 Å². The number of rotatable bonds is 5. The molecule has 0 saturated carbocycles. The third-order valence-corrected chi connectivity index (χ3v) is 2.06. The first-order valence-corrected chi connectivity index (χ1v) is 4.74. The highest BCUT2D eigenvalue weighted by Crippen LogP contribution is 2.10. The molecule has 5 nitrogen and oxygen atoms in total. The van der Waals surface area contributed by atoms with Crippen molar-refractivity contribution in [1.82, 2.24) is 4.98 Å². The monoisotopic (exact) mass is 210 g/mol. The summed E-state index contributed by atoms with van der Waals surface area (Å²) < 4.78 is 0. The molecule has 0 amide bonds. The minimum absolute atomic E-state index is 0.00667. The summed E-state index contributed by atoms with van der Waals surface area (Å²) >= 11 is 0. The summed E-state index contributed by atoms with van der Waals surface area (Å²) in [6.45, 7) is 1.95. The molecule has 3 N–H and O–H groups in total. The number of pyridine rings is 1. The average molecular weight is 210 g/mol. The standard InChI is InChI=1S/C10H14N2O3/c1-2-7(6-13)12-8-3-4-11-9(5-8)10(14)15/h3-5,7,13H,2,6H2,1H3,(H,11,12)(H,14,15). The predicted octanol–water partition coefficient (Wildman–Crippen LogP) is 0.963. The van der Waals surface area contributed by atoms with Gasteiger partial charge in [0.1, 0.15) is 5.69 Å². The fraction of sp³-hybridized carbons (Fsp3) is 0.400. The van der Waals surface area contributed by atoms with Crippen molar-refractivity contribution in [3.8, 4) is 0 Å². The molecule has 1 rings (SSSR count). The number of aliphatic hydroxyl groups excluding tert-OH is 1. The number of carboxylic acids is 1. The minimum Gasteiger partial charge on any atom is -0.477 e. The number of aromatic carboxylic acids is 1. The van der Waals surface area contributed by atoms with Crippen LogP contribution in [0.15, 0.2) is 18.3 Å². The quantitative estimate of drug-likeness (QED) is 0.674. The van der Waals surface area contributed by atoms with Gasteiger partial charge in [0.25, 0.3) is 0 Å². The maximum Gasteiger partial charge on any atom is 0.354 e. The third kappa shape index (κ3) is 3.21. The van der Waals surface area contributed by atoms with E-state index in [1.807, 2.05) is 6.92 Å². The van der Waals surface area contributed by atoms with Crippen LogP contribution >= 0.6 is 0 Å². The minimum atomic E-state index is -1.06. The van der Waals surface area contributed by atoms with E-state index in [0.717, 1.165) is 6.42 Å². The van der Waals surface area contributed by atoms with Crippen LogP contribution in [0.25, 0.3) is 0 Å². The Morgan fingerprint density at radius 1 is 1.67 bits per heavy atom. The Labute approximate surface area is 87.8 Å². The summed E-state index contributed by atoms with van der Waals surface area (Å²) in [7, 11) is 0. The molecule has 1 aromatic heterocycles. The van der Waals surface area contributed by atoms with Crippen LogP contribution in [0, 0.1) is 0 Å². The van der Waals surface area contributed by atoms with E-state index in [4.69, 9.17) is 10.2 Å². The van der Waals surface area contributed by atoms with Crippen molar-refractivity contribution in [3.63, 3.8) is 0 Å². The number of nitrogens with one attached hydrogen (secondary N) is 1. The van der Waals surface area contributed by atoms with Gasteiger partial charge in [0.2, 0.25) is 0 Å². The Morgan fingerprint density at radius 3 is 2.93 bits per heavy atom. The van der Waals surface area contributed by atoms with Crippen molar-refractivity contribution in [1.29, 1.82) is 0 Å². The van der Waals surface area contributed by atoms with Gasteiger partial charge in [-0.15, -0.1) is 0 Å². The summed E-state index contributed by atoms with van der Waals surface area (Å²) in [6.07, 6.45) is 2.19. The van der Waals surface area contributed by atoms with Gasteiger partial charge >= 0.3 is 5.97 Å². The molecule has 1 aromatic rings. The number of hydrogen-bond donors (Lipinski definition) is 3. The van der Waals surface area contributed by atoms with Gasteiger partial charge in [0.05, 0.1) is 6.61 Å². The van der Waals surface area contributed by atoms with Crippen molar-refractivity contribution >= 4 is 11.7 Å². The van der Waals surface area contributed by atoms with Crippen LogP contribution in [-0.4, -0.2) is 33.8 Å². The van der Waals surface area contributed by atoms with Crippen molar-refractivity contribution in [2.45, 2.75) is 19.4 Å². The molecule has 1 unspecified atom stereocenters. The lowest BCUT2D eigenvalue weighted by Gasteiger charge is -2.15. The highest BCUT2D eigenvalue weighted by molar-refractivity contribution is 5.86. The number of aromatic nitrogens is 1. The van der Waals surface area contributed by atoms with Crippen LogP contribution in [0.5, 0.6) is 0 Å². The summed E-state index contributed by atoms with van der Waals surface area (Å²) in [6, 6.07) is 3.06. The molecule has 15 heavy (non-hydrogen) atoms. The highest BCUT2D eigenvalue weighted by Gasteiger charge is 2.07. The number of anilines is 1. The second-order valence-corrected chi connectivity index (χ2v) is 3.17. The molecule has 0 radical (unpaired) electrons. The molecule has 1 atom stereocenters. The molecule has 0 fully saturated rings. The molecule has 0 aliphatic carbocycles. The van der Waals surface area contributed by atoms with E-state index < -0.39 is 5.97 Å². The first-order chi connectivity index (χ1) is 7.17. The molecule has 0 saturated heterocycles. The molecule has 82 valence electrons. The molecule has 0 aliphatic heterocycles. The molecule has 1 heterocycles. The Bertz CT molecular complexity index is 337. The van der Waals surface area contributed by atoms with Gasteiger partial charge < -0.3 is 15.5 Å². The van der Waals surface area contributed by atoms with Gasteiger partial charge in [0, 0.05) is 17.9 Å². The third-order valence-electron chi connectivity index (χ3n) is 2.06. The highest BCUT2D eigenvalue weighted by atomic mass is 16.4. The second kappa shape index (κ2) is 5.31. The molecule has 5 heteroatoms. The number of nitrogens with zero attached hydrogens (tertiary/aromatic N) is 1. The van der Waals surface area contributed by atoms with Crippen LogP contribution < -0.4 is 5.32 Å². The zero-order chi connectivity index (χ0) is 11.3. The summed E-state index contributed by atoms with van der Waals surface area (Å²) in [5.41, 5.74) is 0.649. The predicted molar refractivity (Wildman–Crippen MR) is 56.0 cm³/mol. The van der Waals surface area contributed by atoms with Crippen LogP contribution in [0.4, 0.5) is 5.69 Å². The molecular weight excluding hydrogens is 196 g/mol. The van der Waals surface area contributed by atoms with E-state index in [-0.39, 0.29) is 18.3 Å². The van der Waals surface area contributed by atoms with Crippen LogP contribution in [0.1, 0.15) is 23.8 Å². The molecule has 0 aromatic carbocycles. The fourth-order valence-electron chi connectivity index (χ4n) is 1.15. The fourth-order valence-corrected chi connectivity index (χ4v) is 1.15. The molecular formula is C10H14N2O3. The average Bonchev–Trinajstić information content (AvgIpc) is 2.26. The Kier molecular flexibility index (Phi) is 4.05. The molecule has 0 bridgehead atoms. The van der Waals surface area contributed by atoms with E-state index >= 15 is 0 Å². The summed E-state index contributed by atoms with van der Waals surface area (Å²) in [5, 5.41) is 20.7. The van der Waals surface area contributed by atoms with Crippen LogP contribution in [0.3, 0.4) is 0 Å². The smallest absolute Gasteiger partial charge is 0.354 e. The second-order valence-electron chi connectivity index (χ2n) is 3.17. The summed E-state index contributed by atoms with van der Waals surface area (Å²) in [5.74, 6) is -1.06. The van der Waals surface area contributed by atoms with E-state index in [1.165, 1.54) is 12.3 Å². The van der Waals surface area contributed by atoms with Gasteiger partial charge in [-0.1, -0.05) is 6.92 Å². The first kappa shape index (κ1) is 11.5. The van der Waals surface area contributed by atoms with Crippen LogP contribution in [0.2, 0.25) is 0 Å². The zero-order valence-electron chi connectivity index (χ0n) is 8.47. The van der Waals surface area contributed by atoms with Crippen LogP contribution in [-0.2, 0) is 0 Å². The first-order valence-electron chi connectivity index (χ1n) is 4.74. The molecule has 0 aliphatic rings. The summed E-state index contributed by atoms with van der Waals surface area (Å²) in [4.78, 5) is 14.3. The SMILES string of the molecule is CCC(CO)Nc1ccnc(C(=O)O)c1. The normalized spacial score (nSPS) is 12.1. The van der Waals surface area contributed by atoms with E-state index in [0.29, 0.717) is 5.69 Å². The zero-order valence-corrected chi connectivity index (χ0v) is 8.47. The number of carboxylic acid groups (broad SMARTS) is 1. The lowest BCUT2D eigenvalue weighted by Crippen LogP contribution is -2.22. The maximum atomic E-state index is 10.6. The number of hydrogen-bond acceptors (Lipinski definition) is 4. The lowest BCUT2D eigenvalue weighted by atomic mass is 10.2. The van der Waals surface area contributed by atoms with Gasteiger partial charge in [0.15, 0.2) is 0 Å². The Hall–Kier alpha value is -1.62. The van der Waals surface area contributed by atoms with E-state index in [2.05, 4.69) is 10.3 Å². The largest absolute Gasteiger partial charge is 0.477 e. The van der Waals surface area contributed by atoms with Crippen molar-refractivity contribution in [2.24, 2.45) is 0 Å². The van der Waals surface area contributed by atoms with Gasteiger partial charge in [-0.3, -0.25) is 0 Å². The van der Waals surface area contributed by atoms with Crippen molar-refractivity contribution in [3.05, 3.63) is 24.0 Å². The number of aliphatic hydroxyl groups is 1. The lowest BCUT2D eigenvalue weighted by molar-refractivity contribution is 0.0690. The van der Waals surface area contributed by atoms with Gasteiger partial charge in [-0.05, 0) is 18.6 Å². The van der Waals surface area contributed by atoms with E-state index in [9.17, 15) is 4.79 Å².